The van der Waals surface area contributed by atoms with Gasteiger partial charge in [0, 0.05) is 45.9 Å². The largest absolute Gasteiger partial charge is 0.372 e. The molecule has 0 spiro atoms. The highest BCUT2D eigenvalue weighted by atomic mass is 16.5. The van der Waals surface area contributed by atoms with Gasteiger partial charge in [-0.2, -0.15) is 0 Å². The van der Waals surface area contributed by atoms with Crippen molar-refractivity contribution in [1.82, 2.24) is 9.80 Å². The summed E-state index contributed by atoms with van der Waals surface area (Å²) >= 11 is 0. The average molecular weight is 257 g/mol. The summed E-state index contributed by atoms with van der Waals surface area (Å²) in [4.78, 5) is 16.3. The summed E-state index contributed by atoms with van der Waals surface area (Å²) in [6.07, 6.45) is 1.96. The molecule has 0 aromatic carbocycles. The maximum absolute atomic E-state index is 12.0. The van der Waals surface area contributed by atoms with E-state index in [-0.39, 0.29) is 12.0 Å². The van der Waals surface area contributed by atoms with Gasteiger partial charge in [-0.25, -0.2) is 0 Å². The van der Waals surface area contributed by atoms with Gasteiger partial charge in [0.05, 0.1) is 0 Å². The third kappa shape index (κ3) is 3.93. The molecule has 0 aliphatic carbocycles. The third-order valence-corrected chi connectivity index (χ3v) is 3.74. The second-order valence-electron chi connectivity index (χ2n) is 4.92. The molecule has 1 heterocycles. The minimum atomic E-state index is -0.336. The maximum Gasteiger partial charge on any atom is 0.251 e. The van der Waals surface area contributed by atoms with Gasteiger partial charge in [0.2, 0.25) is 0 Å². The van der Waals surface area contributed by atoms with Crippen LogP contribution in [0.4, 0.5) is 0 Å². The number of hydrogen-bond acceptors (Lipinski definition) is 4. The summed E-state index contributed by atoms with van der Waals surface area (Å²) in [5, 5.41) is 0. The van der Waals surface area contributed by atoms with Crippen LogP contribution in [-0.4, -0.2) is 67.7 Å². The van der Waals surface area contributed by atoms with Crippen molar-refractivity contribution in [3.8, 4) is 0 Å². The van der Waals surface area contributed by atoms with E-state index in [0.29, 0.717) is 12.6 Å². The zero-order valence-corrected chi connectivity index (χ0v) is 11.9. The van der Waals surface area contributed by atoms with Crippen LogP contribution < -0.4 is 5.73 Å². The first kappa shape index (κ1) is 15.4. The summed E-state index contributed by atoms with van der Waals surface area (Å²) in [7, 11) is 1.57. The number of nitrogens with zero attached hydrogens (tertiary/aromatic N) is 2. The van der Waals surface area contributed by atoms with Gasteiger partial charge in [-0.15, -0.1) is 0 Å². The Kier molecular flexibility index (Phi) is 6.60. The molecule has 0 aromatic rings. The van der Waals surface area contributed by atoms with Crippen LogP contribution in [0.15, 0.2) is 0 Å². The van der Waals surface area contributed by atoms with E-state index in [0.717, 1.165) is 39.0 Å². The normalized spacial score (nSPS) is 20.8. The van der Waals surface area contributed by atoms with Crippen LogP contribution in [0.5, 0.6) is 0 Å². The zero-order chi connectivity index (χ0) is 13.5. The Balaban J connectivity index is 2.42. The average Bonchev–Trinajstić information content (AvgIpc) is 2.43. The molecular formula is C13H27N3O2. The molecule has 5 nitrogen and oxygen atoms in total. The van der Waals surface area contributed by atoms with E-state index in [1.807, 2.05) is 4.90 Å². The molecule has 106 valence electrons. The van der Waals surface area contributed by atoms with Gasteiger partial charge >= 0.3 is 0 Å². The lowest BCUT2D eigenvalue weighted by Gasteiger charge is -2.39. The molecule has 0 saturated carbocycles. The van der Waals surface area contributed by atoms with E-state index in [1.54, 1.807) is 14.0 Å². The Hall–Kier alpha value is -0.650. The third-order valence-electron chi connectivity index (χ3n) is 3.74. The van der Waals surface area contributed by atoms with Gasteiger partial charge in [0.1, 0.15) is 6.10 Å². The molecule has 1 aliphatic heterocycles. The van der Waals surface area contributed by atoms with E-state index in [2.05, 4.69) is 11.8 Å². The van der Waals surface area contributed by atoms with Crippen molar-refractivity contribution in [2.24, 2.45) is 5.73 Å². The van der Waals surface area contributed by atoms with Crippen LogP contribution in [0.25, 0.3) is 0 Å². The Bertz CT molecular complexity index is 253. The Labute approximate surface area is 110 Å². The Morgan fingerprint density at radius 1 is 1.33 bits per heavy atom. The second-order valence-corrected chi connectivity index (χ2v) is 4.92. The van der Waals surface area contributed by atoms with Crippen molar-refractivity contribution >= 4 is 5.91 Å². The molecule has 0 aromatic heterocycles. The fourth-order valence-corrected chi connectivity index (χ4v) is 2.45. The van der Waals surface area contributed by atoms with E-state index < -0.39 is 0 Å². The predicted molar refractivity (Wildman–Crippen MR) is 72.4 cm³/mol. The number of amides is 1. The highest BCUT2D eigenvalue weighted by molar-refractivity contribution is 5.80. The molecular weight excluding hydrogens is 230 g/mol. The van der Waals surface area contributed by atoms with Crippen molar-refractivity contribution in [1.29, 1.82) is 0 Å². The monoisotopic (exact) mass is 257 g/mol. The van der Waals surface area contributed by atoms with Crippen LogP contribution in [0.3, 0.4) is 0 Å². The second kappa shape index (κ2) is 7.71. The van der Waals surface area contributed by atoms with Gasteiger partial charge in [-0.1, -0.05) is 13.3 Å². The SMILES string of the molecule is CCCC(CN)N1CCN(C(=O)C(C)OC)CC1. The molecule has 2 atom stereocenters. The molecule has 1 saturated heterocycles. The first-order valence-corrected chi connectivity index (χ1v) is 6.89. The van der Waals surface area contributed by atoms with Crippen LogP contribution in [0.1, 0.15) is 26.7 Å². The summed E-state index contributed by atoms with van der Waals surface area (Å²) in [6, 6.07) is 0.465. The lowest BCUT2D eigenvalue weighted by molar-refractivity contribution is -0.143. The molecule has 1 aliphatic rings. The van der Waals surface area contributed by atoms with E-state index in [9.17, 15) is 4.79 Å². The molecule has 1 amide bonds. The van der Waals surface area contributed by atoms with E-state index >= 15 is 0 Å². The fourth-order valence-electron chi connectivity index (χ4n) is 2.45. The predicted octanol–water partition coefficient (Wildman–Crippen LogP) is 0.293. The molecule has 2 N–H and O–H groups in total. The van der Waals surface area contributed by atoms with E-state index in [1.165, 1.54) is 0 Å². The Morgan fingerprint density at radius 2 is 1.94 bits per heavy atom. The first-order chi connectivity index (χ1) is 8.63. The first-order valence-electron chi connectivity index (χ1n) is 6.89. The van der Waals surface area contributed by atoms with Crippen molar-refractivity contribution in [3.63, 3.8) is 0 Å². The maximum atomic E-state index is 12.0. The highest BCUT2D eigenvalue weighted by Crippen LogP contribution is 2.11. The smallest absolute Gasteiger partial charge is 0.251 e. The van der Waals surface area contributed by atoms with Gasteiger partial charge in [0.25, 0.3) is 5.91 Å². The number of carbonyl (C=O) groups excluding carboxylic acids is 1. The number of carbonyl (C=O) groups is 1. The van der Waals surface area contributed by atoms with Gasteiger partial charge in [0.15, 0.2) is 0 Å². The number of piperazine rings is 1. The van der Waals surface area contributed by atoms with Crippen LogP contribution in [-0.2, 0) is 9.53 Å². The summed E-state index contributed by atoms with van der Waals surface area (Å²) in [5.41, 5.74) is 5.81. The molecule has 5 heteroatoms. The lowest BCUT2D eigenvalue weighted by atomic mass is 10.1. The lowest BCUT2D eigenvalue weighted by Crippen LogP contribution is -2.55. The van der Waals surface area contributed by atoms with Gasteiger partial charge < -0.3 is 15.4 Å². The Morgan fingerprint density at radius 3 is 2.39 bits per heavy atom. The van der Waals surface area contributed by atoms with Crippen LogP contribution in [0.2, 0.25) is 0 Å². The van der Waals surface area contributed by atoms with Crippen LogP contribution >= 0.6 is 0 Å². The van der Waals surface area contributed by atoms with Crippen molar-refractivity contribution in [3.05, 3.63) is 0 Å². The molecule has 1 fully saturated rings. The fraction of sp³-hybridized carbons (Fsp3) is 0.923. The highest BCUT2D eigenvalue weighted by Gasteiger charge is 2.27. The summed E-state index contributed by atoms with van der Waals surface area (Å²) < 4.78 is 5.07. The molecule has 18 heavy (non-hydrogen) atoms. The quantitative estimate of drug-likeness (QED) is 0.743. The van der Waals surface area contributed by atoms with Gasteiger partial charge in [-0.05, 0) is 13.3 Å². The number of methoxy groups -OCH3 is 1. The molecule has 1 rings (SSSR count). The molecule has 0 radical (unpaired) electrons. The van der Waals surface area contributed by atoms with Crippen molar-refractivity contribution < 1.29 is 9.53 Å². The minimum absolute atomic E-state index is 0.0944. The minimum Gasteiger partial charge on any atom is -0.372 e. The van der Waals surface area contributed by atoms with E-state index in [4.69, 9.17) is 10.5 Å². The van der Waals surface area contributed by atoms with Crippen molar-refractivity contribution in [2.45, 2.75) is 38.8 Å². The molecule has 0 bridgehead atoms. The number of nitrogens with two attached hydrogens (primary N) is 1. The molecule has 2 unspecified atom stereocenters. The number of hydrogen-bond donors (Lipinski definition) is 1. The summed E-state index contributed by atoms with van der Waals surface area (Å²) in [6.45, 7) is 8.10. The standard InChI is InChI=1S/C13H27N3O2/c1-4-5-12(10-14)15-6-8-16(9-7-15)13(17)11(2)18-3/h11-12H,4-10,14H2,1-3H3. The summed E-state index contributed by atoms with van der Waals surface area (Å²) in [5.74, 6) is 0.0944. The zero-order valence-electron chi connectivity index (χ0n) is 11.9. The van der Waals surface area contributed by atoms with Crippen molar-refractivity contribution in [2.75, 3.05) is 39.8 Å². The van der Waals surface area contributed by atoms with Crippen LogP contribution in [0, 0.1) is 0 Å². The topological polar surface area (TPSA) is 58.8 Å². The van der Waals surface area contributed by atoms with Gasteiger partial charge in [-0.3, -0.25) is 9.69 Å². The number of ether oxygens (including phenoxy) is 1. The number of rotatable bonds is 6.